The zero-order valence-electron chi connectivity index (χ0n) is 9.72. The van der Waals surface area contributed by atoms with Crippen LogP contribution in [0.15, 0.2) is 18.2 Å². The van der Waals surface area contributed by atoms with E-state index in [1.54, 1.807) is 12.1 Å². The van der Waals surface area contributed by atoms with Gasteiger partial charge in [0.1, 0.15) is 6.04 Å². The summed E-state index contributed by atoms with van der Waals surface area (Å²) in [5, 5.41) is 9.71. The summed E-state index contributed by atoms with van der Waals surface area (Å²) in [7, 11) is 1.49. The summed E-state index contributed by atoms with van der Waals surface area (Å²) < 4.78 is 5.17. The molecule has 1 aromatic carbocycles. The lowest BCUT2D eigenvalue weighted by Gasteiger charge is -2.26. The van der Waals surface area contributed by atoms with Gasteiger partial charge in [-0.1, -0.05) is 6.07 Å². The monoisotopic (exact) mass is 236 g/mol. The van der Waals surface area contributed by atoms with Crippen molar-refractivity contribution in [3.05, 3.63) is 18.2 Å². The van der Waals surface area contributed by atoms with Crippen LogP contribution in [0.5, 0.6) is 11.5 Å². The molecule has 17 heavy (non-hydrogen) atoms. The van der Waals surface area contributed by atoms with Crippen LogP contribution in [0.2, 0.25) is 0 Å². The number of amides is 1. The maximum atomic E-state index is 11.3. The van der Waals surface area contributed by atoms with E-state index in [1.165, 1.54) is 7.11 Å². The van der Waals surface area contributed by atoms with Crippen molar-refractivity contribution in [2.45, 2.75) is 18.9 Å². The molecule has 5 heteroatoms. The van der Waals surface area contributed by atoms with Crippen LogP contribution in [-0.4, -0.2) is 30.7 Å². The molecule has 0 spiro atoms. The summed E-state index contributed by atoms with van der Waals surface area (Å²) >= 11 is 0. The van der Waals surface area contributed by atoms with Crippen molar-refractivity contribution in [3.8, 4) is 11.5 Å². The van der Waals surface area contributed by atoms with Gasteiger partial charge < -0.3 is 20.5 Å². The van der Waals surface area contributed by atoms with E-state index in [1.807, 2.05) is 11.0 Å². The van der Waals surface area contributed by atoms with E-state index in [-0.39, 0.29) is 17.7 Å². The van der Waals surface area contributed by atoms with Gasteiger partial charge in [-0.15, -0.1) is 0 Å². The molecule has 0 aliphatic carbocycles. The second-order valence-corrected chi connectivity index (χ2v) is 4.08. The Labute approximate surface area is 99.8 Å². The third-order valence-electron chi connectivity index (χ3n) is 3.07. The molecular formula is C12H16N2O3. The Morgan fingerprint density at radius 2 is 2.35 bits per heavy atom. The second kappa shape index (κ2) is 4.53. The molecule has 1 fully saturated rings. The van der Waals surface area contributed by atoms with Crippen molar-refractivity contribution >= 4 is 11.6 Å². The molecule has 1 saturated heterocycles. The topological polar surface area (TPSA) is 75.8 Å². The van der Waals surface area contributed by atoms with Gasteiger partial charge in [0.05, 0.1) is 12.8 Å². The molecule has 1 aromatic rings. The van der Waals surface area contributed by atoms with Crippen molar-refractivity contribution in [2.24, 2.45) is 5.73 Å². The summed E-state index contributed by atoms with van der Waals surface area (Å²) in [6, 6.07) is 4.78. The van der Waals surface area contributed by atoms with Crippen LogP contribution in [0, 0.1) is 0 Å². The highest BCUT2D eigenvalue weighted by Crippen LogP contribution is 2.39. The molecule has 92 valence electrons. The van der Waals surface area contributed by atoms with Crippen LogP contribution >= 0.6 is 0 Å². The van der Waals surface area contributed by atoms with E-state index in [2.05, 4.69) is 0 Å². The number of rotatable bonds is 3. The third kappa shape index (κ3) is 2.00. The molecule has 1 amide bonds. The highest BCUT2D eigenvalue weighted by Gasteiger charge is 2.31. The number of phenols is 1. The first kappa shape index (κ1) is 11.6. The predicted molar refractivity (Wildman–Crippen MR) is 64.2 cm³/mol. The molecule has 3 N–H and O–H groups in total. The number of primary amides is 1. The Morgan fingerprint density at radius 3 is 3.00 bits per heavy atom. The minimum atomic E-state index is -0.340. The number of anilines is 1. The number of nitrogens with two attached hydrogens (primary N) is 1. The van der Waals surface area contributed by atoms with Gasteiger partial charge in [0.25, 0.3) is 0 Å². The molecule has 2 rings (SSSR count). The zero-order chi connectivity index (χ0) is 12.4. The van der Waals surface area contributed by atoms with Gasteiger partial charge in [-0.2, -0.15) is 0 Å². The van der Waals surface area contributed by atoms with Gasteiger partial charge in [0.15, 0.2) is 11.5 Å². The second-order valence-electron chi connectivity index (χ2n) is 4.08. The van der Waals surface area contributed by atoms with Crippen LogP contribution in [-0.2, 0) is 4.79 Å². The maximum absolute atomic E-state index is 11.3. The van der Waals surface area contributed by atoms with Gasteiger partial charge in [-0.25, -0.2) is 0 Å². The number of methoxy groups -OCH3 is 1. The first-order chi connectivity index (χ1) is 8.15. The first-order valence-corrected chi connectivity index (χ1v) is 5.57. The molecule has 1 aliphatic rings. The van der Waals surface area contributed by atoms with Crippen molar-refractivity contribution in [1.82, 2.24) is 0 Å². The fourth-order valence-corrected chi connectivity index (χ4v) is 2.30. The smallest absolute Gasteiger partial charge is 0.240 e. The number of carbonyl (C=O) groups is 1. The van der Waals surface area contributed by atoms with E-state index in [4.69, 9.17) is 10.5 Å². The van der Waals surface area contributed by atoms with E-state index >= 15 is 0 Å². The highest BCUT2D eigenvalue weighted by atomic mass is 16.5. The average molecular weight is 236 g/mol. The predicted octanol–water partition coefficient (Wildman–Crippen LogP) is 0.855. The van der Waals surface area contributed by atoms with Crippen LogP contribution in [0.4, 0.5) is 5.69 Å². The molecule has 0 radical (unpaired) electrons. The Morgan fingerprint density at radius 1 is 1.59 bits per heavy atom. The van der Waals surface area contributed by atoms with Crippen LogP contribution < -0.4 is 15.4 Å². The molecule has 0 saturated carbocycles. The highest BCUT2D eigenvalue weighted by molar-refractivity contribution is 5.85. The molecule has 1 atom stereocenters. The minimum absolute atomic E-state index is 0.0696. The van der Waals surface area contributed by atoms with Gasteiger partial charge in [0.2, 0.25) is 5.91 Å². The molecule has 1 aliphatic heterocycles. The SMILES string of the molecule is COc1c(O)cccc1N1CCCC1C(N)=O. The summed E-state index contributed by atoms with van der Waals surface area (Å²) in [5.41, 5.74) is 6.09. The third-order valence-corrected chi connectivity index (χ3v) is 3.07. The number of ether oxygens (including phenoxy) is 1. The number of aromatic hydroxyl groups is 1. The average Bonchev–Trinajstić information content (AvgIpc) is 2.77. The van der Waals surface area contributed by atoms with Gasteiger partial charge >= 0.3 is 0 Å². The molecular weight excluding hydrogens is 220 g/mol. The number of para-hydroxylation sites is 1. The number of phenolic OH excluding ortho intramolecular Hbond substituents is 1. The number of nitrogens with zero attached hydrogens (tertiary/aromatic N) is 1. The molecule has 0 bridgehead atoms. The number of hydrogen-bond donors (Lipinski definition) is 2. The lowest BCUT2D eigenvalue weighted by Crippen LogP contribution is -2.40. The van der Waals surface area contributed by atoms with Crippen LogP contribution in [0.1, 0.15) is 12.8 Å². The van der Waals surface area contributed by atoms with Gasteiger partial charge in [-0.05, 0) is 25.0 Å². The summed E-state index contributed by atoms with van der Waals surface area (Å²) in [4.78, 5) is 13.2. The number of hydrogen-bond acceptors (Lipinski definition) is 4. The summed E-state index contributed by atoms with van der Waals surface area (Å²) in [5.74, 6) is 0.119. The standard InChI is InChI=1S/C12H16N2O3/c1-17-11-8(4-2-6-10(11)15)14-7-3-5-9(14)12(13)16/h2,4,6,9,15H,3,5,7H2,1H3,(H2,13,16). The van der Waals surface area contributed by atoms with E-state index in [9.17, 15) is 9.90 Å². The van der Waals surface area contributed by atoms with Gasteiger partial charge in [0, 0.05) is 6.54 Å². The number of carbonyl (C=O) groups excluding carboxylic acids is 1. The fraction of sp³-hybridized carbons (Fsp3) is 0.417. The Bertz CT molecular complexity index is 434. The van der Waals surface area contributed by atoms with Crippen molar-refractivity contribution in [1.29, 1.82) is 0 Å². The molecule has 1 unspecified atom stereocenters. The normalized spacial score (nSPS) is 19.4. The lowest BCUT2D eigenvalue weighted by molar-refractivity contribution is -0.119. The largest absolute Gasteiger partial charge is 0.504 e. The van der Waals surface area contributed by atoms with Crippen molar-refractivity contribution in [3.63, 3.8) is 0 Å². The Kier molecular flexibility index (Phi) is 3.08. The van der Waals surface area contributed by atoms with E-state index in [0.717, 1.165) is 19.4 Å². The molecule has 1 heterocycles. The Balaban J connectivity index is 2.39. The van der Waals surface area contributed by atoms with E-state index < -0.39 is 0 Å². The van der Waals surface area contributed by atoms with Crippen molar-refractivity contribution < 1.29 is 14.6 Å². The molecule has 0 aromatic heterocycles. The fourth-order valence-electron chi connectivity index (χ4n) is 2.30. The van der Waals surface area contributed by atoms with Crippen LogP contribution in [0.25, 0.3) is 0 Å². The van der Waals surface area contributed by atoms with Crippen LogP contribution in [0.3, 0.4) is 0 Å². The quantitative estimate of drug-likeness (QED) is 0.816. The minimum Gasteiger partial charge on any atom is -0.504 e. The summed E-state index contributed by atoms with van der Waals surface area (Å²) in [6.07, 6.45) is 1.65. The number of benzene rings is 1. The lowest BCUT2D eigenvalue weighted by atomic mass is 10.2. The Hall–Kier alpha value is -1.91. The van der Waals surface area contributed by atoms with Gasteiger partial charge in [-0.3, -0.25) is 4.79 Å². The molecule has 5 nitrogen and oxygen atoms in total. The maximum Gasteiger partial charge on any atom is 0.240 e. The van der Waals surface area contributed by atoms with Crippen molar-refractivity contribution in [2.75, 3.05) is 18.6 Å². The summed E-state index contributed by atoms with van der Waals surface area (Å²) in [6.45, 7) is 0.743. The van der Waals surface area contributed by atoms with E-state index in [0.29, 0.717) is 11.4 Å². The zero-order valence-corrected chi connectivity index (χ0v) is 9.72. The first-order valence-electron chi connectivity index (χ1n) is 5.57.